The lowest BCUT2D eigenvalue weighted by atomic mass is 10.0. The highest BCUT2D eigenvalue weighted by Gasteiger charge is 2.12. The summed E-state index contributed by atoms with van der Waals surface area (Å²) >= 11 is 0. The summed E-state index contributed by atoms with van der Waals surface area (Å²) in [6.45, 7) is 1.84. The van der Waals surface area contributed by atoms with Crippen molar-refractivity contribution in [3.8, 4) is 23.5 Å². The van der Waals surface area contributed by atoms with Crippen molar-refractivity contribution in [3.63, 3.8) is 0 Å². The molecular weight excluding hydrogens is 230 g/mol. The van der Waals surface area contributed by atoms with Crippen molar-refractivity contribution in [3.05, 3.63) is 23.3 Å². The van der Waals surface area contributed by atoms with Gasteiger partial charge in [-0.2, -0.15) is 0 Å². The quantitative estimate of drug-likeness (QED) is 0.463. The fourth-order valence-electron chi connectivity index (χ4n) is 1.46. The Morgan fingerprint density at radius 1 is 1.17 bits per heavy atom. The highest BCUT2D eigenvalue weighted by atomic mass is 16.5. The highest BCUT2D eigenvalue weighted by molar-refractivity contribution is 6.10. The van der Waals surface area contributed by atoms with Gasteiger partial charge in [0.2, 0.25) is 5.78 Å². The number of nitrogens with zero attached hydrogens (tertiary/aromatic N) is 1. The Morgan fingerprint density at radius 3 is 2.22 bits per heavy atom. The first-order chi connectivity index (χ1) is 8.49. The van der Waals surface area contributed by atoms with Gasteiger partial charge in [0.1, 0.15) is 0 Å². The van der Waals surface area contributed by atoms with Crippen molar-refractivity contribution >= 4 is 5.78 Å². The Hall–Kier alpha value is -2.15. The van der Waals surface area contributed by atoms with Gasteiger partial charge < -0.3 is 14.4 Å². The molecule has 0 saturated heterocycles. The Labute approximate surface area is 107 Å². The van der Waals surface area contributed by atoms with Crippen molar-refractivity contribution in [2.24, 2.45) is 0 Å². The maximum atomic E-state index is 11.9. The van der Waals surface area contributed by atoms with E-state index in [1.807, 2.05) is 6.92 Å². The van der Waals surface area contributed by atoms with Gasteiger partial charge in [-0.3, -0.25) is 4.79 Å². The van der Waals surface area contributed by atoms with Gasteiger partial charge in [0.15, 0.2) is 11.5 Å². The van der Waals surface area contributed by atoms with E-state index in [4.69, 9.17) is 9.47 Å². The zero-order valence-corrected chi connectivity index (χ0v) is 11.3. The molecule has 0 heterocycles. The fourth-order valence-corrected chi connectivity index (χ4v) is 1.46. The van der Waals surface area contributed by atoms with Crippen LogP contribution in [-0.2, 0) is 0 Å². The van der Waals surface area contributed by atoms with Crippen LogP contribution < -0.4 is 9.47 Å². The van der Waals surface area contributed by atoms with Gasteiger partial charge in [-0.15, -0.1) is 0 Å². The third-order valence-electron chi connectivity index (χ3n) is 2.37. The zero-order chi connectivity index (χ0) is 13.7. The lowest BCUT2D eigenvalue weighted by Gasteiger charge is -2.10. The van der Waals surface area contributed by atoms with Crippen LogP contribution in [0.25, 0.3) is 0 Å². The summed E-state index contributed by atoms with van der Waals surface area (Å²) in [6.07, 6.45) is 0. The first kappa shape index (κ1) is 13.9. The molecular formula is C14H17NO3. The lowest BCUT2D eigenvalue weighted by Crippen LogP contribution is -2.05. The molecule has 0 fully saturated rings. The minimum absolute atomic E-state index is 0.234. The summed E-state index contributed by atoms with van der Waals surface area (Å²) in [6, 6.07) is 6.12. The standard InChI is InChI=1S/C14H17NO3/c1-10-8-13(17-4)14(18-5)9-11(10)12(16)6-7-15(2)3/h8-9H,1-5H3. The lowest BCUT2D eigenvalue weighted by molar-refractivity contribution is 0.105. The van der Waals surface area contributed by atoms with Crippen LogP contribution in [0, 0.1) is 18.9 Å². The second-order valence-electron chi connectivity index (χ2n) is 3.98. The Kier molecular flexibility index (Phi) is 4.61. The van der Waals surface area contributed by atoms with Crippen LogP contribution in [0.1, 0.15) is 15.9 Å². The second-order valence-corrected chi connectivity index (χ2v) is 3.98. The van der Waals surface area contributed by atoms with Crippen molar-refractivity contribution in [1.82, 2.24) is 4.90 Å². The zero-order valence-electron chi connectivity index (χ0n) is 11.3. The normalized spacial score (nSPS) is 9.17. The van der Waals surface area contributed by atoms with Crippen LogP contribution in [0.15, 0.2) is 12.1 Å². The van der Waals surface area contributed by atoms with Crippen molar-refractivity contribution in [2.45, 2.75) is 6.92 Å². The monoisotopic (exact) mass is 247 g/mol. The van der Waals surface area contributed by atoms with Crippen LogP contribution in [0.2, 0.25) is 0 Å². The largest absolute Gasteiger partial charge is 0.493 e. The molecule has 0 amide bonds. The van der Waals surface area contributed by atoms with E-state index in [1.54, 1.807) is 38.2 Å². The van der Waals surface area contributed by atoms with E-state index < -0.39 is 0 Å². The number of carbonyl (C=O) groups is 1. The molecule has 0 spiro atoms. The summed E-state index contributed by atoms with van der Waals surface area (Å²) in [5, 5.41) is 0. The van der Waals surface area contributed by atoms with Gasteiger partial charge in [0, 0.05) is 25.7 Å². The molecule has 0 atom stereocenters. The molecule has 1 aromatic rings. The molecule has 1 rings (SSSR count). The average Bonchev–Trinajstić information content (AvgIpc) is 2.35. The summed E-state index contributed by atoms with van der Waals surface area (Å²) in [5.74, 6) is 3.46. The number of benzene rings is 1. The fraction of sp³-hybridized carbons (Fsp3) is 0.357. The van der Waals surface area contributed by atoms with E-state index in [0.29, 0.717) is 17.1 Å². The van der Waals surface area contributed by atoms with E-state index in [0.717, 1.165) is 5.56 Å². The van der Waals surface area contributed by atoms with E-state index >= 15 is 0 Å². The summed E-state index contributed by atoms with van der Waals surface area (Å²) < 4.78 is 10.3. The number of hydrogen-bond acceptors (Lipinski definition) is 4. The number of rotatable bonds is 3. The molecule has 0 aromatic heterocycles. The summed E-state index contributed by atoms with van der Waals surface area (Å²) in [4.78, 5) is 13.6. The van der Waals surface area contributed by atoms with Gasteiger partial charge in [-0.1, -0.05) is 0 Å². The van der Waals surface area contributed by atoms with Crippen LogP contribution >= 0.6 is 0 Å². The minimum atomic E-state index is -0.234. The number of ether oxygens (including phenoxy) is 2. The number of ketones is 1. The van der Waals surface area contributed by atoms with Gasteiger partial charge in [-0.25, -0.2) is 0 Å². The molecule has 18 heavy (non-hydrogen) atoms. The van der Waals surface area contributed by atoms with E-state index in [9.17, 15) is 4.79 Å². The van der Waals surface area contributed by atoms with Gasteiger partial charge >= 0.3 is 0 Å². The van der Waals surface area contributed by atoms with Gasteiger partial charge in [0.25, 0.3) is 0 Å². The molecule has 0 aliphatic rings. The molecule has 0 saturated carbocycles. The third-order valence-corrected chi connectivity index (χ3v) is 2.37. The molecule has 0 bridgehead atoms. The maximum absolute atomic E-state index is 11.9. The molecule has 0 unspecified atom stereocenters. The number of hydrogen-bond donors (Lipinski definition) is 0. The second kappa shape index (κ2) is 5.97. The van der Waals surface area contributed by atoms with Crippen molar-refractivity contribution in [1.29, 1.82) is 0 Å². The molecule has 0 aliphatic heterocycles. The van der Waals surface area contributed by atoms with E-state index in [1.165, 1.54) is 7.11 Å². The minimum Gasteiger partial charge on any atom is -0.493 e. The predicted molar refractivity (Wildman–Crippen MR) is 70.1 cm³/mol. The Balaban J connectivity index is 3.18. The van der Waals surface area contributed by atoms with Gasteiger partial charge in [0.05, 0.1) is 14.2 Å². The smallest absolute Gasteiger partial charge is 0.238 e. The number of Topliss-reactive ketones (excluding diaryl/α,β-unsaturated/α-hetero) is 1. The first-order valence-corrected chi connectivity index (χ1v) is 5.45. The van der Waals surface area contributed by atoms with Crippen molar-refractivity contribution < 1.29 is 14.3 Å². The average molecular weight is 247 g/mol. The number of carbonyl (C=O) groups excluding carboxylic acids is 1. The Morgan fingerprint density at radius 2 is 1.72 bits per heavy atom. The highest BCUT2D eigenvalue weighted by Crippen LogP contribution is 2.30. The topological polar surface area (TPSA) is 38.8 Å². The predicted octanol–water partition coefficient (Wildman–Crippen LogP) is 1.72. The van der Waals surface area contributed by atoms with Crippen molar-refractivity contribution in [2.75, 3.05) is 28.3 Å². The van der Waals surface area contributed by atoms with E-state index in [-0.39, 0.29) is 5.78 Å². The molecule has 4 heteroatoms. The first-order valence-electron chi connectivity index (χ1n) is 5.45. The molecule has 0 radical (unpaired) electrons. The van der Waals surface area contributed by atoms with Crippen LogP contribution in [0.4, 0.5) is 0 Å². The molecule has 96 valence electrons. The molecule has 0 N–H and O–H groups in total. The number of methoxy groups -OCH3 is 2. The maximum Gasteiger partial charge on any atom is 0.238 e. The summed E-state index contributed by atoms with van der Waals surface area (Å²) in [7, 11) is 6.65. The van der Waals surface area contributed by atoms with Gasteiger partial charge in [-0.05, 0) is 30.5 Å². The molecule has 0 aliphatic carbocycles. The molecule has 1 aromatic carbocycles. The summed E-state index contributed by atoms with van der Waals surface area (Å²) in [5.41, 5.74) is 1.34. The van der Waals surface area contributed by atoms with Crippen LogP contribution in [0.3, 0.4) is 0 Å². The van der Waals surface area contributed by atoms with Crippen LogP contribution in [0.5, 0.6) is 11.5 Å². The third kappa shape index (κ3) is 3.17. The SMILES string of the molecule is COc1cc(C)c(C(=O)C#CN(C)C)cc1OC. The van der Waals surface area contributed by atoms with E-state index in [2.05, 4.69) is 12.0 Å². The Bertz CT molecular complexity index is 510. The number of aryl methyl sites for hydroxylation is 1. The van der Waals surface area contributed by atoms with Crippen LogP contribution in [-0.4, -0.2) is 39.0 Å². The molecule has 4 nitrogen and oxygen atoms in total.